The van der Waals surface area contributed by atoms with Gasteiger partial charge in [-0.1, -0.05) is 65.0 Å². The standard InChI is InChI=1S/C36H50ClN5O2/c1-7-31(43)42(32-34(3,4)33(35(32,5)6)44-28-14-11-26(19-38)29(37)18-28)20-24(2)30(39)15-10-25-8-12-27(13-9-25)41-22-36(23-41)16-17-40-21-36/h11,14,18,24-25,27,32-33,39-40H,7-9,12-13,16-17,20-23H2,1-6H3. The van der Waals surface area contributed by atoms with Gasteiger partial charge in [-0.25, -0.2) is 0 Å². The zero-order chi connectivity index (χ0) is 31.9. The van der Waals surface area contributed by atoms with Crippen molar-refractivity contribution in [3.05, 3.63) is 28.8 Å². The largest absolute Gasteiger partial charge is 0.489 e. The number of hydrogen-bond donors (Lipinski definition) is 2. The van der Waals surface area contributed by atoms with Crippen LogP contribution in [0.3, 0.4) is 0 Å². The van der Waals surface area contributed by atoms with Crippen LogP contribution in [-0.2, 0) is 4.79 Å². The van der Waals surface area contributed by atoms with Crippen LogP contribution in [0.2, 0.25) is 5.02 Å². The van der Waals surface area contributed by atoms with E-state index in [2.05, 4.69) is 55.8 Å². The Kier molecular flexibility index (Phi) is 9.44. The summed E-state index contributed by atoms with van der Waals surface area (Å²) in [4.78, 5) is 18.1. The van der Waals surface area contributed by atoms with E-state index in [0.717, 1.165) is 12.8 Å². The van der Waals surface area contributed by atoms with Crippen molar-refractivity contribution in [3.63, 3.8) is 0 Å². The summed E-state index contributed by atoms with van der Waals surface area (Å²) in [6.45, 7) is 17.8. The highest BCUT2D eigenvalue weighted by atomic mass is 35.5. The van der Waals surface area contributed by atoms with Crippen LogP contribution in [0.5, 0.6) is 5.75 Å². The number of carbonyl (C=O) groups is 1. The Morgan fingerprint density at radius 1 is 1.20 bits per heavy atom. The molecule has 2 aliphatic carbocycles. The number of carbonyl (C=O) groups excluding carboxylic acids is 1. The first-order valence-electron chi connectivity index (χ1n) is 16.5. The quantitative estimate of drug-likeness (QED) is 0.269. The molecule has 7 nitrogen and oxygen atoms in total. The van der Waals surface area contributed by atoms with Gasteiger partial charge < -0.3 is 15.0 Å². The molecule has 2 N–H and O–H groups in total. The average Bonchev–Trinajstić information content (AvgIpc) is 3.48. The molecule has 0 bridgehead atoms. The summed E-state index contributed by atoms with van der Waals surface area (Å²) in [6, 6.07) is 7.86. The number of amides is 1. The van der Waals surface area contributed by atoms with Gasteiger partial charge in [0.1, 0.15) is 17.9 Å². The molecule has 1 unspecified atom stereocenters. The Balaban J connectivity index is 1.18. The Labute approximate surface area is 269 Å². The van der Waals surface area contributed by atoms with Gasteiger partial charge in [0.25, 0.3) is 0 Å². The van der Waals surface area contributed by atoms with E-state index in [-0.39, 0.29) is 34.8 Å². The van der Waals surface area contributed by atoms with E-state index in [9.17, 15) is 10.1 Å². The Bertz CT molecular complexity index is 1330. The molecule has 2 saturated heterocycles. The third-order valence-corrected chi connectivity index (χ3v) is 11.3. The van der Waals surface area contributed by atoms with E-state index in [1.807, 2.05) is 18.7 Å². The fourth-order valence-corrected chi connectivity index (χ4v) is 9.19. The number of rotatable bonds is 8. The monoisotopic (exact) mass is 619 g/mol. The van der Waals surface area contributed by atoms with E-state index in [0.29, 0.717) is 52.4 Å². The minimum atomic E-state index is -0.342. The molecule has 1 aromatic rings. The second-order valence-electron chi connectivity index (χ2n) is 15.1. The zero-order valence-electron chi connectivity index (χ0n) is 27.4. The number of likely N-dealkylation sites (tertiary alicyclic amines) is 1. The predicted octanol–water partition coefficient (Wildman–Crippen LogP) is 6.15. The van der Waals surface area contributed by atoms with Crippen LogP contribution >= 0.6 is 11.6 Å². The van der Waals surface area contributed by atoms with Crippen LogP contribution in [0.15, 0.2) is 18.2 Å². The number of hydrogen-bond acceptors (Lipinski definition) is 6. The van der Waals surface area contributed by atoms with E-state index >= 15 is 0 Å². The van der Waals surface area contributed by atoms with Crippen LogP contribution < -0.4 is 10.1 Å². The maximum absolute atomic E-state index is 13.4. The summed E-state index contributed by atoms with van der Waals surface area (Å²) in [5.41, 5.74) is 0.690. The highest BCUT2D eigenvalue weighted by Gasteiger charge is 2.66. The molecule has 0 radical (unpaired) electrons. The predicted molar refractivity (Wildman–Crippen MR) is 176 cm³/mol. The van der Waals surface area contributed by atoms with Gasteiger partial charge in [0, 0.05) is 78.8 Å². The van der Waals surface area contributed by atoms with Crippen molar-refractivity contribution in [2.75, 3.05) is 32.7 Å². The fourth-order valence-electron chi connectivity index (χ4n) is 8.98. The first kappa shape index (κ1) is 32.8. The summed E-state index contributed by atoms with van der Waals surface area (Å²) in [5, 5.41) is 21.9. The Morgan fingerprint density at radius 3 is 2.45 bits per heavy atom. The molecular weight excluding hydrogens is 570 g/mol. The molecule has 5 rings (SSSR count). The van der Waals surface area contributed by atoms with Crippen molar-refractivity contribution in [3.8, 4) is 23.7 Å². The lowest BCUT2D eigenvalue weighted by atomic mass is 9.48. The maximum atomic E-state index is 13.4. The Morgan fingerprint density at radius 2 is 1.89 bits per heavy atom. The summed E-state index contributed by atoms with van der Waals surface area (Å²) in [6.07, 6.45) is 6.18. The van der Waals surface area contributed by atoms with Gasteiger partial charge in [0.15, 0.2) is 0 Å². The summed E-state index contributed by atoms with van der Waals surface area (Å²) < 4.78 is 6.47. The van der Waals surface area contributed by atoms with Crippen LogP contribution in [0.1, 0.15) is 85.6 Å². The summed E-state index contributed by atoms with van der Waals surface area (Å²) in [5.74, 6) is 7.56. The lowest BCUT2D eigenvalue weighted by Gasteiger charge is -2.66. The topological polar surface area (TPSA) is 92.5 Å². The molecule has 1 aromatic carbocycles. The summed E-state index contributed by atoms with van der Waals surface area (Å²) in [7, 11) is 0. The Hall–Kier alpha value is -2.58. The SMILES string of the molecule is CCC(=O)N(CC(C)C(=N)C#CC1CCC(N2CC3(CCNC3)C2)CC1)C1C(C)(C)C(Oc2ccc(C#N)c(Cl)c2)C1(C)C. The molecule has 44 heavy (non-hydrogen) atoms. The van der Waals surface area contributed by atoms with Crippen molar-refractivity contribution in [2.45, 2.75) is 98.3 Å². The van der Waals surface area contributed by atoms with Gasteiger partial charge in [0.2, 0.25) is 5.91 Å². The first-order valence-corrected chi connectivity index (χ1v) is 16.9. The molecule has 4 fully saturated rings. The molecule has 1 spiro atoms. The smallest absolute Gasteiger partial charge is 0.222 e. The van der Waals surface area contributed by atoms with Crippen LogP contribution in [-0.4, -0.2) is 72.3 Å². The number of nitrogens with zero attached hydrogens (tertiary/aromatic N) is 3. The molecule has 8 heteroatoms. The van der Waals surface area contributed by atoms with E-state index in [1.165, 1.54) is 45.4 Å². The molecule has 4 aliphatic rings. The van der Waals surface area contributed by atoms with E-state index < -0.39 is 0 Å². The van der Waals surface area contributed by atoms with Crippen LogP contribution in [0, 0.1) is 56.7 Å². The zero-order valence-corrected chi connectivity index (χ0v) is 28.2. The van der Waals surface area contributed by atoms with Crippen molar-refractivity contribution in [1.82, 2.24) is 15.1 Å². The molecular formula is C36H50ClN5O2. The number of ether oxygens (including phenoxy) is 1. The highest BCUT2D eigenvalue weighted by Crippen LogP contribution is 2.58. The number of nitriles is 1. The first-order chi connectivity index (χ1) is 20.8. The van der Waals surface area contributed by atoms with Gasteiger partial charge in [-0.2, -0.15) is 5.26 Å². The molecule has 1 atom stereocenters. The average molecular weight is 620 g/mol. The summed E-state index contributed by atoms with van der Waals surface area (Å²) >= 11 is 6.28. The number of halogens is 1. The molecule has 2 heterocycles. The van der Waals surface area contributed by atoms with Crippen molar-refractivity contribution in [2.24, 2.45) is 28.1 Å². The van der Waals surface area contributed by atoms with Crippen molar-refractivity contribution < 1.29 is 9.53 Å². The van der Waals surface area contributed by atoms with Crippen LogP contribution in [0.4, 0.5) is 0 Å². The third-order valence-electron chi connectivity index (χ3n) is 11.0. The molecule has 0 aromatic heterocycles. The molecule has 1 amide bonds. The minimum Gasteiger partial charge on any atom is -0.489 e. The third kappa shape index (κ3) is 6.26. The molecule has 238 valence electrons. The second kappa shape index (κ2) is 12.7. The van der Waals surface area contributed by atoms with Crippen molar-refractivity contribution in [1.29, 1.82) is 10.7 Å². The normalized spacial score (nSPS) is 28.9. The minimum absolute atomic E-state index is 0.0690. The van der Waals surface area contributed by atoms with E-state index in [4.69, 9.17) is 21.7 Å². The van der Waals surface area contributed by atoms with Gasteiger partial charge in [-0.15, -0.1) is 0 Å². The second-order valence-corrected chi connectivity index (χ2v) is 15.5. The highest BCUT2D eigenvalue weighted by molar-refractivity contribution is 6.31. The van der Waals surface area contributed by atoms with E-state index in [1.54, 1.807) is 18.2 Å². The van der Waals surface area contributed by atoms with Crippen molar-refractivity contribution >= 4 is 23.2 Å². The number of benzene rings is 1. The van der Waals surface area contributed by atoms with Gasteiger partial charge in [-0.3, -0.25) is 15.1 Å². The number of nitrogens with one attached hydrogen (secondary N) is 2. The fraction of sp³-hybridized carbons (Fsp3) is 0.694. The van der Waals surface area contributed by atoms with Gasteiger partial charge in [0.05, 0.1) is 16.3 Å². The maximum Gasteiger partial charge on any atom is 0.222 e. The molecule has 2 saturated carbocycles. The van der Waals surface area contributed by atoms with Crippen LogP contribution in [0.25, 0.3) is 0 Å². The lowest BCUT2D eigenvalue weighted by molar-refractivity contribution is -0.212. The molecule has 2 aliphatic heterocycles. The van der Waals surface area contributed by atoms with Gasteiger partial charge >= 0.3 is 0 Å². The lowest BCUT2D eigenvalue weighted by Crippen LogP contribution is -2.75. The van der Waals surface area contributed by atoms with Gasteiger partial charge in [-0.05, 0) is 50.8 Å².